The van der Waals surface area contributed by atoms with Gasteiger partial charge in [-0.1, -0.05) is 0 Å². The monoisotopic (exact) mass is 312 g/mol. The summed E-state index contributed by atoms with van der Waals surface area (Å²) < 4.78 is 65.6. The molecule has 1 rings (SSSR count). The van der Waals surface area contributed by atoms with Crippen LogP contribution in [0.4, 0.5) is 13.2 Å². The van der Waals surface area contributed by atoms with Gasteiger partial charge in [0, 0.05) is 0 Å². The van der Waals surface area contributed by atoms with E-state index in [2.05, 4.69) is 8.92 Å². The van der Waals surface area contributed by atoms with E-state index in [1.165, 1.54) is 0 Å². The Kier molecular flexibility index (Phi) is 4.77. The van der Waals surface area contributed by atoms with E-state index in [0.717, 1.165) is 0 Å². The summed E-state index contributed by atoms with van der Waals surface area (Å²) in [4.78, 5) is 0. The molecule has 0 bridgehead atoms. The van der Waals surface area contributed by atoms with Crippen LogP contribution in [0.3, 0.4) is 0 Å². The predicted octanol–water partition coefficient (Wildman–Crippen LogP) is -2.35. The van der Waals surface area contributed by atoms with Crippen molar-refractivity contribution in [3.05, 3.63) is 0 Å². The molecule has 0 aromatic heterocycles. The van der Waals surface area contributed by atoms with Crippen molar-refractivity contribution in [1.82, 2.24) is 0 Å². The zero-order chi connectivity index (χ0) is 15.0. The first-order chi connectivity index (χ1) is 8.51. The zero-order valence-corrected chi connectivity index (χ0v) is 9.87. The number of aliphatic hydroxyl groups is 4. The molecular formula is C7H11F3O8S. The number of alkyl halides is 3. The molecule has 4 N–H and O–H groups in total. The highest BCUT2D eigenvalue weighted by Gasteiger charge is 2.53. The summed E-state index contributed by atoms with van der Waals surface area (Å²) in [6.45, 7) is -0.934. The summed E-state index contributed by atoms with van der Waals surface area (Å²) in [6, 6.07) is 0. The minimum absolute atomic E-state index is 0.934. The average Bonchev–Trinajstić information content (AvgIpc) is 2.28. The van der Waals surface area contributed by atoms with Crippen LogP contribution in [0, 0.1) is 0 Å². The number of aliphatic hydroxyl groups excluding tert-OH is 4. The molecule has 114 valence electrons. The molecule has 19 heavy (non-hydrogen) atoms. The quantitative estimate of drug-likeness (QED) is 0.336. The van der Waals surface area contributed by atoms with Gasteiger partial charge in [-0.3, -0.25) is 0 Å². The van der Waals surface area contributed by atoms with Crippen molar-refractivity contribution in [3.8, 4) is 0 Å². The third kappa shape index (κ3) is 3.34. The maximum Gasteiger partial charge on any atom is 0.523 e. The summed E-state index contributed by atoms with van der Waals surface area (Å²) in [5, 5.41) is 36.5. The van der Waals surface area contributed by atoms with Gasteiger partial charge in [0.05, 0.1) is 6.61 Å². The first-order valence-corrected chi connectivity index (χ1v) is 6.22. The van der Waals surface area contributed by atoms with Crippen molar-refractivity contribution < 1.29 is 50.9 Å². The summed E-state index contributed by atoms with van der Waals surface area (Å²) >= 11 is 0. The SMILES string of the molecule is O=S(=O)(OC1O[C@H](CO)[C@@H](O)[C@H](O)[C@@H]1O)C(F)(F)F. The highest BCUT2D eigenvalue weighted by atomic mass is 32.2. The highest BCUT2D eigenvalue weighted by Crippen LogP contribution is 2.29. The molecule has 8 nitrogen and oxygen atoms in total. The lowest BCUT2D eigenvalue weighted by Gasteiger charge is -2.39. The average molecular weight is 312 g/mol. The Balaban J connectivity index is 2.89. The van der Waals surface area contributed by atoms with Crippen LogP contribution in [0.2, 0.25) is 0 Å². The van der Waals surface area contributed by atoms with Crippen molar-refractivity contribution in [2.24, 2.45) is 0 Å². The lowest BCUT2D eigenvalue weighted by atomic mass is 10.00. The second-order valence-corrected chi connectivity index (χ2v) is 5.26. The molecule has 1 unspecified atom stereocenters. The van der Waals surface area contributed by atoms with Gasteiger partial charge in [-0.2, -0.15) is 21.6 Å². The van der Waals surface area contributed by atoms with Crippen molar-refractivity contribution >= 4 is 10.1 Å². The molecule has 0 aliphatic carbocycles. The number of ether oxygens (including phenoxy) is 1. The summed E-state index contributed by atoms with van der Waals surface area (Å²) in [6.07, 6.45) is -10.1. The Morgan fingerprint density at radius 2 is 1.63 bits per heavy atom. The zero-order valence-electron chi connectivity index (χ0n) is 9.06. The topological polar surface area (TPSA) is 134 Å². The lowest BCUT2D eigenvalue weighted by Crippen LogP contribution is -2.59. The molecule has 12 heteroatoms. The fourth-order valence-corrected chi connectivity index (χ4v) is 1.84. The molecule has 5 atom stereocenters. The van der Waals surface area contributed by atoms with Crippen LogP contribution in [0.1, 0.15) is 0 Å². The maximum absolute atomic E-state index is 12.1. The largest absolute Gasteiger partial charge is 0.523 e. The van der Waals surface area contributed by atoms with Crippen LogP contribution in [0.15, 0.2) is 0 Å². The van der Waals surface area contributed by atoms with E-state index in [0.29, 0.717) is 0 Å². The minimum atomic E-state index is -6.06. The van der Waals surface area contributed by atoms with Gasteiger partial charge >= 0.3 is 15.6 Å². The Bertz CT molecular complexity index is 407. The van der Waals surface area contributed by atoms with Crippen molar-refractivity contribution in [1.29, 1.82) is 0 Å². The number of halogens is 3. The molecule has 1 aliphatic rings. The van der Waals surface area contributed by atoms with E-state index in [1.54, 1.807) is 0 Å². The lowest BCUT2D eigenvalue weighted by molar-refractivity contribution is -0.278. The second-order valence-electron chi connectivity index (χ2n) is 3.69. The Morgan fingerprint density at radius 3 is 2.05 bits per heavy atom. The standard InChI is InChI=1S/C7H11F3O8S/c8-7(9,10)19(15,16)18-6-5(14)4(13)3(12)2(1-11)17-6/h2-6,11-14H,1H2/t2-,3-,4+,5+,6?/m1/s1. The number of rotatable bonds is 3. The van der Waals surface area contributed by atoms with E-state index in [1.807, 2.05) is 0 Å². The molecule has 0 radical (unpaired) electrons. The van der Waals surface area contributed by atoms with Gasteiger partial charge in [0.25, 0.3) is 0 Å². The molecule has 0 aromatic rings. The minimum Gasteiger partial charge on any atom is -0.394 e. The van der Waals surface area contributed by atoms with Gasteiger partial charge in [0.15, 0.2) is 0 Å². The van der Waals surface area contributed by atoms with E-state index in [9.17, 15) is 36.9 Å². The molecular weight excluding hydrogens is 301 g/mol. The fraction of sp³-hybridized carbons (Fsp3) is 1.00. The molecule has 1 aliphatic heterocycles. The van der Waals surface area contributed by atoms with Crippen LogP contribution in [-0.2, 0) is 19.0 Å². The van der Waals surface area contributed by atoms with Crippen molar-refractivity contribution in [3.63, 3.8) is 0 Å². The van der Waals surface area contributed by atoms with Crippen LogP contribution in [-0.4, -0.2) is 71.7 Å². The third-order valence-corrected chi connectivity index (χ3v) is 3.36. The van der Waals surface area contributed by atoms with E-state index in [-0.39, 0.29) is 0 Å². The van der Waals surface area contributed by atoms with Gasteiger partial charge in [0.1, 0.15) is 24.4 Å². The predicted molar refractivity (Wildman–Crippen MR) is 49.8 cm³/mol. The van der Waals surface area contributed by atoms with Crippen molar-refractivity contribution in [2.75, 3.05) is 6.61 Å². The first-order valence-electron chi connectivity index (χ1n) is 4.81. The van der Waals surface area contributed by atoms with Gasteiger partial charge in [-0.15, -0.1) is 0 Å². The molecule has 1 fully saturated rings. The van der Waals surface area contributed by atoms with Crippen LogP contribution < -0.4 is 0 Å². The normalized spacial score (nSPS) is 37.3. The summed E-state index contributed by atoms with van der Waals surface area (Å²) in [5.74, 6) is 0. The van der Waals surface area contributed by atoms with Crippen molar-refractivity contribution in [2.45, 2.75) is 36.2 Å². The second kappa shape index (κ2) is 5.47. The highest BCUT2D eigenvalue weighted by molar-refractivity contribution is 7.87. The van der Waals surface area contributed by atoms with E-state index >= 15 is 0 Å². The summed E-state index contributed by atoms with van der Waals surface area (Å²) in [5.41, 5.74) is -5.74. The van der Waals surface area contributed by atoms with E-state index in [4.69, 9.17) is 5.11 Å². The fourth-order valence-electron chi connectivity index (χ4n) is 1.33. The maximum atomic E-state index is 12.1. The van der Waals surface area contributed by atoms with Crippen LogP contribution in [0.5, 0.6) is 0 Å². The van der Waals surface area contributed by atoms with Crippen LogP contribution in [0.25, 0.3) is 0 Å². The van der Waals surface area contributed by atoms with Gasteiger partial charge in [-0.05, 0) is 0 Å². The van der Waals surface area contributed by atoms with Crippen LogP contribution >= 0.6 is 0 Å². The van der Waals surface area contributed by atoms with E-state index < -0.39 is 52.9 Å². The third-order valence-electron chi connectivity index (χ3n) is 2.35. The summed E-state index contributed by atoms with van der Waals surface area (Å²) in [7, 11) is -6.06. The number of hydrogen-bond donors (Lipinski definition) is 4. The molecule has 0 saturated carbocycles. The molecule has 0 aromatic carbocycles. The number of hydrogen-bond acceptors (Lipinski definition) is 8. The Morgan fingerprint density at radius 1 is 1.11 bits per heavy atom. The van der Waals surface area contributed by atoms with Gasteiger partial charge in [-0.25, -0.2) is 4.18 Å². The van der Waals surface area contributed by atoms with Gasteiger partial charge < -0.3 is 25.2 Å². The van der Waals surface area contributed by atoms with Gasteiger partial charge in [0.2, 0.25) is 6.29 Å². The molecule has 0 spiro atoms. The Hall–Kier alpha value is -0.500. The molecule has 0 amide bonds. The Labute approximate surface area is 105 Å². The smallest absolute Gasteiger partial charge is 0.394 e. The first kappa shape index (κ1) is 16.6. The molecule has 1 heterocycles. The molecule has 1 saturated heterocycles.